The standard InChI is InChI=1S/C22H30O/c1-4-5-6-7-8-9-18-10-11-20(17(2)3)16-22(18)19-12-14-21(23)15-13-19/h10-17,23H,4-9H2,1-3H3. The molecule has 0 atom stereocenters. The first-order valence-electron chi connectivity index (χ1n) is 9.04. The molecule has 2 aromatic rings. The van der Waals surface area contributed by atoms with Crippen molar-refractivity contribution in [2.24, 2.45) is 0 Å². The number of aryl methyl sites for hydroxylation is 1. The highest BCUT2D eigenvalue weighted by Crippen LogP contribution is 2.30. The van der Waals surface area contributed by atoms with E-state index in [1.165, 1.54) is 54.4 Å². The van der Waals surface area contributed by atoms with Crippen molar-refractivity contribution in [3.05, 3.63) is 53.6 Å². The van der Waals surface area contributed by atoms with E-state index >= 15 is 0 Å². The summed E-state index contributed by atoms with van der Waals surface area (Å²) in [6.45, 7) is 6.73. The molecule has 0 spiro atoms. The molecule has 2 rings (SSSR count). The minimum Gasteiger partial charge on any atom is -0.508 e. The number of aromatic hydroxyl groups is 1. The number of benzene rings is 2. The van der Waals surface area contributed by atoms with Gasteiger partial charge in [0.2, 0.25) is 0 Å². The number of phenolic OH excluding ortho intramolecular Hbond substituents is 1. The van der Waals surface area contributed by atoms with Gasteiger partial charge in [0.1, 0.15) is 5.75 Å². The Kier molecular flexibility index (Phi) is 6.70. The van der Waals surface area contributed by atoms with Gasteiger partial charge >= 0.3 is 0 Å². The Balaban J connectivity index is 2.21. The predicted molar refractivity (Wildman–Crippen MR) is 100 cm³/mol. The first-order valence-corrected chi connectivity index (χ1v) is 9.04. The maximum absolute atomic E-state index is 9.54. The van der Waals surface area contributed by atoms with Crippen LogP contribution in [0.1, 0.15) is 69.9 Å². The fourth-order valence-electron chi connectivity index (χ4n) is 3.00. The highest BCUT2D eigenvalue weighted by atomic mass is 16.3. The molecule has 0 saturated carbocycles. The Morgan fingerprint density at radius 2 is 1.57 bits per heavy atom. The molecule has 2 aromatic carbocycles. The summed E-state index contributed by atoms with van der Waals surface area (Å²) >= 11 is 0. The topological polar surface area (TPSA) is 20.2 Å². The van der Waals surface area contributed by atoms with Crippen LogP contribution in [0.3, 0.4) is 0 Å². The lowest BCUT2D eigenvalue weighted by Crippen LogP contribution is -1.95. The first-order chi connectivity index (χ1) is 11.1. The van der Waals surface area contributed by atoms with Crippen molar-refractivity contribution in [2.75, 3.05) is 0 Å². The minimum atomic E-state index is 0.329. The van der Waals surface area contributed by atoms with E-state index in [-0.39, 0.29) is 0 Å². The van der Waals surface area contributed by atoms with E-state index in [9.17, 15) is 5.11 Å². The van der Waals surface area contributed by atoms with Gasteiger partial charge in [-0.1, -0.05) is 76.8 Å². The van der Waals surface area contributed by atoms with Crippen molar-refractivity contribution >= 4 is 0 Å². The van der Waals surface area contributed by atoms with Gasteiger partial charge in [0.05, 0.1) is 0 Å². The first kappa shape index (κ1) is 17.6. The molecule has 0 radical (unpaired) electrons. The van der Waals surface area contributed by atoms with Gasteiger partial charge in [-0.05, 0) is 53.1 Å². The molecule has 0 aliphatic rings. The van der Waals surface area contributed by atoms with Gasteiger partial charge in [-0.2, -0.15) is 0 Å². The molecule has 0 heterocycles. The largest absolute Gasteiger partial charge is 0.508 e. The number of hydrogen-bond donors (Lipinski definition) is 1. The maximum Gasteiger partial charge on any atom is 0.115 e. The van der Waals surface area contributed by atoms with E-state index in [1.54, 1.807) is 12.1 Å². The zero-order valence-corrected chi connectivity index (χ0v) is 14.8. The maximum atomic E-state index is 9.54. The van der Waals surface area contributed by atoms with Crippen LogP contribution in [0.25, 0.3) is 11.1 Å². The predicted octanol–water partition coefficient (Wildman–Crippen LogP) is 6.70. The molecular formula is C22H30O. The van der Waals surface area contributed by atoms with Crippen LogP contribution in [0.15, 0.2) is 42.5 Å². The van der Waals surface area contributed by atoms with Crippen LogP contribution in [0.4, 0.5) is 0 Å². The lowest BCUT2D eigenvalue weighted by atomic mass is 9.91. The number of hydrogen-bond acceptors (Lipinski definition) is 1. The van der Waals surface area contributed by atoms with Crippen molar-refractivity contribution in [3.63, 3.8) is 0 Å². The van der Waals surface area contributed by atoms with Gasteiger partial charge in [0.15, 0.2) is 0 Å². The highest BCUT2D eigenvalue weighted by molar-refractivity contribution is 5.69. The molecule has 124 valence electrons. The zero-order valence-electron chi connectivity index (χ0n) is 14.8. The zero-order chi connectivity index (χ0) is 16.7. The van der Waals surface area contributed by atoms with Crippen LogP contribution in [-0.4, -0.2) is 5.11 Å². The number of unbranched alkanes of at least 4 members (excludes halogenated alkanes) is 4. The van der Waals surface area contributed by atoms with E-state index in [0.29, 0.717) is 11.7 Å². The molecule has 23 heavy (non-hydrogen) atoms. The van der Waals surface area contributed by atoms with E-state index in [1.807, 2.05) is 12.1 Å². The fraction of sp³-hybridized carbons (Fsp3) is 0.455. The number of rotatable bonds is 8. The third-order valence-corrected chi connectivity index (χ3v) is 4.53. The van der Waals surface area contributed by atoms with Crippen molar-refractivity contribution < 1.29 is 5.11 Å². The fourth-order valence-corrected chi connectivity index (χ4v) is 3.00. The highest BCUT2D eigenvalue weighted by Gasteiger charge is 2.09. The SMILES string of the molecule is CCCCCCCc1ccc(C(C)C)cc1-c1ccc(O)cc1. The van der Waals surface area contributed by atoms with Gasteiger partial charge in [0, 0.05) is 0 Å². The lowest BCUT2D eigenvalue weighted by Gasteiger charge is -2.14. The summed E-state index contributed by atoms with van der Waals surface area (Å²) < 4.78 is 0. The van der Waals surface area contributed by atoms with E-state index in [4.69, 9.17) is 0 Å². The minimum absolute atomic E-state index is 0.329. The smallest absolute Gasteiger partial charge is 0.115 e. The molecular weight excluding hydrogens is 280 g/mol. The van der Waals surface area contributed by atoms with Gasteiger partial charge in [-0.3, -0.25) is 0 Å². The summed E-state index contributed by atoms with van der Waals surface area (Å²) in [5.41, 5.74) is 5.33. The third-order valence-electron chi connectivity index (χ3n) is 4.53. The van der Waals surface area contributed by atoms with Crippen LogP contribution >= 0.6 is 0 Å². The summed E-state index contributed by atoms with van der Waals surface area (Å²) in [6, 6.07) is 14.5. The summed E-state index contributed by atoms with van der Waals surface area (Å²) in [6.07, 6.45) is 7.69. The molecule has 0 bridgehead atoms. The number of phenols is 1. The summed E-state index contributed by atoms with van der Waals surface area (Å²) in [7, 11) is 0. The second kappa shape index (κ2) is 8.76. The van der Waals surface area contributed by atoms with Crippen molar-refractivity contribution in [1.82, 2.24) is 0 Å². The normalized spacial score (nSPS) is 11.1. The van der Waals surface area contributed by atoms with E-state index in [2.05, 4.69) is 39.0 Å². The van der Waals surface area contributed by atoms with Gasteiger partial charge in [0.25, 0.3) is 0 Å². The van der Waals surface area contributed by atoms with Crippen LogP contribution in [0.2, 0.25) is 0 Å². The summed E-state index contributed by atoms with van der Waals surface area (Å²) in [4.78, 5) is 0. The lowest BCUT2D eigenvalue weighted by molar-refractivity contribution is 0.475. The Morgan fingerprint density at radius 3 is 2.22 bits per heavy atom. The van der Waals surface area contributed by atoms with Crippen LogP contribution in [0.5, 0.6) is 5.75 Å². The Hall–Kier alpha value is -1.76. The molecule has 1 heteroatoms. The molecule has 0 saturated heterocycles. The molecule has 0 aliphatic carbocycles. The van der Waals surface area contributed by atoms with Crippen molar-refractivity contribution in [3.8, 4) is 16.9 Å². The molecule has 0 aliphatic heterocycles. The average molecular weight is 310 g/mol. The second-order valence-corrected chi connectivity index (χ2v) is 6.78. The molecule has 0 fully saturated rings. The third kappa shape index (κ3) is 5.13. The van der Waals surface area contributed by atoms with Crippen LogP contribution in [0, 0.1) is 0 Å². The van der Waals surface area contributed by atoms with Gasteiger partial charge in [-0.15, -0.1) is 0 Å². The van der Waals surface area contributed by atoms with Gasteiger partial charge in [-0.25, -0.2) is 0 Å². The summed E-state index contributed by atoms with van der Waals surface area (Å²) in [5, 5.41) is 9.54. The van der Waals surface area contributed by atoms with Crippen molar-refractivity contribution in [2.45, 2.75) is 65.2 Å². The molecule has 1 nitrogen and oxygen atoms in total. The van der Waals surface area contributed by atoms with Gasteiger partial charge < -0.3 is 5.11 Å². The van der Waals surface area contributed by atoms with Crippen LogP contribution < -0.4 is 0 Å². The molecule has 0 aromatic heterocycles. The quantitative estimate of drug-likeness (QED) is 0.538. The monoisotopic (exact) mass is 310 g/mol. The Morgan fingerprint density at radius 1 is 0.870 bits per heavy atom. The van der Waals surface area contributed by atoms with E-state index in [0.717, 1.165) is 6.42 Å². The Bertz CT molecular complexity index is 596. The summed E-state index contributed by atoms with van der Waals surface area (Å²) in [5.74, 6) is 0.861. The molecule has 0 unspecified atom stereocenters. The average Bonchev–Trinajstić information content (AvgIpc) is 2.55. The molecule has 1 N–H and O–H groups in total. The van der Waals surface area contributed by atoms with Crippen LogP contribution in [-0.2, 0) is 6.42 Å². The van der Waals surface area contributed by atoms with Crippen molar-refractivity contribution in [1.29, 1.82) is 0 Å². The molecule has 0 amide bonds. The Labute approximate surface area is 141 Å². The second-order valence-electron chi connectivity index (χ2n) is 6.78. The van der Waals surface area contributed by atoms with E-state index < -0.39 is 0 Å².